The number of carbonyl (C=O) groups excluding carboxylic acids is 1. The minimum atomic E-state index is -1.19. The van der Waals surface area contributed by atoms with Gasteiger partial charge in [-0.3, -0.25) is 9.59 Å². The molecule has 12 heavy (non-hydrogen) atoms. The highest BCUT2D eigenvalue weighted by Gasteiger charge is 2.06. The van der Waals surface area contributed by atoms with E-state index in [1.807, 2.05) is 6.92 Å². The summed E-state index contributed by atoms with van der Waals surface area (Å²) in [7, 11) is 0. The Hall–Kier alpha value is -1.50. The van der Waals surface area contributed by atoms with Crippen molar-refractivity contribution >= 4 is 11.9 Å². The Balaban J connectivity index is 3.51. The summed E-state index contributed by atoms with van der Waals surface area (Å²) in [4.78, 5) is 20.5. The maximum absolute atomic E-state index is 10.5. The summed E-state index contributed by atoms with van der Waals surface area (Å²) >= 11 is 0. The second kappa shape index (κ2) is 6.23. The van der Waals surface area contributed by atoms with E-state index in [9.17, 15) is 9.59 Å². The Labute approximate surface area is 70.5 Å². The molecule has 0 bridgehead atoms. The molecule has 0 aromatic carbocycles. The Morgan fingerprint density at radius 3 is 2.58 bits per heavy atom. The number of hydrogen-bond acceptors (Lipinski definition) is 3. The fraction of sp³-hybridized carbons (Fsp3) is 0.500. The largest absolute Gasteiger partial charge is 0.481 e. The normalized spacial score (nSPS) is 8.08. The maximum Gasteiger partial charge on any atom is 0.318 e. The molecule has 4 nitrogen and oxygen atoms in total. The van der Waals surface area contributed by atoms with Gasteiger partial charge in [-0.2, -0.15) is 0 Å². The molecule has 0 spiro atoms. The van der Waals surface area contributed by atoms with Crippen LogP contribution < -0.4 is 0 Å². The van der Waals surface area contributed by atoms with Crippen LogP contribution in [0.2, 0.25) is 0 Å². The van der Waals surface area contributed by atoms with Gasteiger partial charge in [0.15, 0.2) is 6.61 Å². The number of carboxylic acid groups (broad SMARTS) is 1. The van der Waals surface area contributed by atoms with Gasteiger partial charge in [-0.05, 0) is 0 Å². The minimum absolute atomic E-state index is 0.0278. The molecular weight excluding hydrogens is 160 g/mol. The van der Waals surface area contributed by atoms with Crippen molar-refractivity contribution in [2.75, 3.05) is 6.61 Å². The molecule has 0 aromatic rings. The van der Waals surface area contributed by atoms with Crippen LogP contribution in [0.5, 0.6) is 0 Å². The van der Waals surface area contributed by atoms with Crippen molar-refractivity contribution in [3.8, 4) is 11.8 Å². The number of rotatable bonds is 3. The van der Waals surface area contributed by atoms with Crippen molar-refractivity contribution in [2.45, 2.75) is 19.8 Å². The van der Waals surface area contributed by atoms with Gasteiger partial charge < -0.3 is 9.84 Å². The van der Waals surface area contributed by atoms with E-state index in [2.05, 4.69) is 16.6 Å². The first-order valence-electron chi connectivity index (χ1n) is 3.50. The van der Waals surface area contributed by atoms with Crippen molar-refractivity contribution in [3.63, 3.8) is 0 Å². The molecule has 0 fully saturated rings. The van der Waals surface area contributed by atoms with Gasteiger partial charge in [0.25, 0.3) is 0 Å². The second-order valence-electron chi connectivity index (χ2n) is 1.94. The van der Waals surface area contributed by atoms with Crippen molar-refractivity contribution in [1.82, 2.24) is 0 Å². The van der Waals surface area contributed by atoms with Crippen molar-refractivity contribution in [3.05, 3.63) is 0 Å². The summed E-state index contributed by atoms with van der Waals surface area (Å²) < 4.78 is 4.46. The smallest absolute Gasteiger partial charge is 0.318 e. The van der Waals surface area contributed by atoms with Crippen LogP contribution in [-0.4, -0.2) is 23.7 Å². The first-order chi connectivity index (χ1) is 5.66. The van der Waals surface area contributed by atoms with E-state index in [1.165, 1.54) is 0 Å². The molecule has 66 valence electrons. The molecule has 0 aliphatic rings. The molecule has 0 amide bonds. The van der Waals surface area contributed by atoms with E-state index in [0.29, 0.717) is 6.42 Å². The monoisotopic (exact) mass is 170 g/mol. The summed E-state index contributed by atoms with van der Waals surface area (Å²) in [5.41, 5.74) is 0. The van der Waals surface area contributed by atoms with E-state index < -0.39 is 18.4 Å². The van der Waals surface area contributed by atoms with Crippen LogP contribution in [0.3, 0.4) is 0 Å². The van der Waals surface area contributed by atoms with Gasteiger partial charge in [0, 0.05) is 6.42 Å². The van der Waals surface area contributed by atoms with Crippen molar-refractivity contribution < 1.29 is 19.4 Å². The van der Waals surface area contributed by atoms with Crippen LogP contribution in [0.1, 0.15) is 19.8 Å². The lowest BCUT2D eigenvalue weighted by atomic mass is 10.4. The van der Waals surface area contributed by atoms with Crippen LogP contribution in [0.4, 0.5) is 0 Å². The van der Waals surface area contributed by atoms with Crippen LogP contribution in [0, 0.1) is 11.8 Å². The van der Waals surface area contributed by atoms with Gasteiger partial charge in [0.05, 0.1) is 0 Å². The second-order valence-corrected chi connectivity index (χ2v) is 1.94. The molecule has 0 heterocycles. The predicted octanol–water partition coefficient (Wildman–Crippen LogP) is 0.418. The molecule has 0 rings (SSSR count). The highest BCUT2D eigenvalue weighted by atomic mass is 16.5. The molecule has 0 radical (unpaired) electrons. The Morgan fingerprint density at radius 2 is 2.08 bits per heavy atom. The molecule has 4 heteroatoms. The van der Waals surface area contributed by atoms with Crippen molar-refractivity contribution in [2.24, 2.45) is 0 Å². The number of carbonyl (C=O) groups is 2. The Bertz CT molecular complexity index is 221. The predicted molar refractivity (Wildman–Crippen MR) is 41.3 cm³/mol. The van der Waals surface area contributed by atoms with E-state index in [0.717, 1.165) is 0 Å². The summed E-state index contributed by atoms with van der Waals surface area (Å²) in [5, 5.41) is 8.15. The number of esters is 1. The first-order valence-corrected chi connectivity index (χ1v) is 3.50. The van der Waals surface area contributed by atoms with E-state index >= 15 is 0 Å². The molecule has 0 saturated carbocycles. The summed E-state index contributed by atoms with van der Waals surface area (Å²) in [6, 6.07) is 0. The zero-order valence-corrected chi connectivity index (χ0v) is 6.79. The van der Waals surface area contributed by atoms with Gasteiger partial charge in [0.1, 0.15) is 6.42 Å². The maximum atomic E-state index is 10.5. The zero-order valence-electron chi connectivity index (χ0n) is 6.79. The standard InChI is InChI=1S/C8H10O4/c1-2-3-4-5-12-8(11)6-7(9)10/h2,5-6H2,1H3,(H,9,10). The van der Waals surface area contributed by atoms with Crippen LogP contribution >= 0.6 is 0 Å². The lowest BCUT2D eigenvalue weighted by molar-refractivity contribution is -0.150. The van der Waals surface area contributed by atoms with Gasteiger partial charge in [-0.1, -0.05) is 12.8 Å². The Morgan fingerprint density at radius 1 is 1.42 bits per heavy atom. The number of carboxylic acids is 1. The first kappa shape index (κ1) is 10.5. The third-order valence-electron chi connectivity index (χ3n) is 0.903. The quantitative estimate of drug-likeness (QED) is 0.378. The SMILES string of the molecule is CCC#CCOC(=O)CC(=O)O. The molecule has 0 saturated heterocycles. The molecule has 1 N–H and O–H groups in total. The highest BCUT2D eigenvalue weighted by Crippen LogP contribution is 1.85. The highest BCUT2D eigenvalue weighted by molar-refractivity contribution is 5.90. The van der Waals surface area contributed by atoms with E-state index in [4.69, 9.17) is 5.11 Å². The number of hydrogen-bond donors (Lipinski definition) is 1. The van der Waals surface area contributed by atoms with Crippen LogP contribution in [0.25, 0.3) is 0 Å². The van der Waals surface area contributed by atoms with E-state index in [-0.39, 0.29) is 6.61 Å². The van der Waals surface area contributed by atoms with Gasteiger partial charge in [-0.15, -0.1) is 5.92 Å². The third-order valence-corrected chi connectivity index (χ3v) is 0.903. The third kappa shape index (κ3) is 6.62. The average molecular weight is 170 g/mol. The van der Waals surface area contributed by atoms with Crippen LogP contribution in [0.15, 0.2) is 0 Å². The number of ether oxygens (including phenoxy) is 1. The minimum Gasteiger partial charge on any atom is -0.481 e. The fourth-order valence-electron chi connectivity index (χ4n) is 0.467. The molecule has 0 atom stereocenters. The molecule has 0 aliphatic carbocycles. The summed E-state index contributed by atoms with van der Waals surface area (Å²) in [5.74, 6) is 3.29. The topological polar surface area (TPSA) is 63.6 Å². The van der Waals surface area contributed by atoms with Gasteiger partial charge >= 0.3 is 11.9 Å². The lowest BCUT2D eigenvalue weighted by Crippen LogP contribution is -2.10. The average Bonchev–Trinajstić information content (AvgIpc) is 1.97. The van der Waals surface area contributed by atoms with Crippen LogP contribution in [-0.2, 0) is 14.3 Å². The van der Waals surface area contributed by atoms with Gasteiger partial charge in [-0.25, -0.2) is 0 Å². The molecule has 0 unspecified atom stereocenters. The summed E-state index contributed by atoms with van der Waals surface area (Å²) in [6.45, 7) is 1.84. The van der Waals surface area contributed by atoms with E-state index in [1.54, 1.807) is 0 Å². The van der Waals surface area contributed by atoms with Crippen molar-refractivity contribution in [1.29, 1.82) is 0 Å². The molecule has 0 aromatic heterocycles. The Kier molecular flexibility index (Phi) is 5.45. The molecular formula is C8H10O4. The fourth-order valence-corrected chi connectivity index (χ4v) is 0.467. The molecule has 0 aliphatic heterocycles. The zero-order chi connectivity index (χ0) is 9.40. The van der Waals surface area contributed by atoms with Gasteiger partial charge in [0.2, 0.25) is 0 Å². The summed E-state index contributed by atoms with van der Waals surface area (Å²) in [6.07, 6.45) is 0.0876. The number of aliphatic carboxylic acids is 1. The lowest BCUT2D eigenvalue weighted by Gasteiger charge is -1.95.